The van der Waals surface area contributed by atoms with Crippen molar-refractivity contribution in [2.24, 2.45) is 4.99 Å². The third kappa shape index (κ3) is 5.92. The number of amidine groups is 1. The minimum absolute atomic E-state index is 0.248. The fraction of sp³-hybridized carbons (Fsp3) is 0.333. The van der Waals surface area contributed by atoms with E-state index in [2.05, 4.69) is 16.9 Å². The number of aliphatic imine (C=N–C) groups is 1. The number of nitrogens with zero attached hydrogens (tertiary/aromatic N) is 1. The predicted molar refractivity (Wildman–Crippen MR) is 107 cm³/mol. The molecule has 0 radical (unpaired) electrons. The minimum atomic E-state index is -0.346. The van der Waals surface area contributed by atoms with Gasteiger partial charge in [-0.25, -0.2) is 4.79 Å². The van der Waals surface area contributed by atoms with Gasteiger partial charge < -0.3 is 14.8 Å². The monoisotopic (exact) mass is 356 g/mol. The van der Waals surface area contributed by atoms with Gasteiger partial charge in [0.2, 0.25) is 0 Å². The summed E-state index contributed by atoms with van der Waals surface area (Å²) < 4.78 is 10.6. The van der Waals surface area contributed by atoms with Gasteiger partial charge in [0.1, 0.15) is 6.61 Å². The van der Waals surface area contributed by atoms with E-state index in [1.165, 1.54) is 0 Å². The summed E-state index contributed by atoms with van der Waals surface area (Å²) in [5.74, 6) is -0.346. The van der Waals surface area contributed by atoms with Crippen LogP contribution in [0.5, 0.6) is 0 Å². The number of allylic oxidation sites excluding steroid dienone is 4. The zero-order valence-corrected chi connectivity index (χ0v) is 16.5. The van der Waals surface area contributed by atoms with E-state index in [1.54, 1.807) is 26.3 Å². The van der Waals surface area contributed by atoms with E-state index >= 15 is 0 Å². The fourth-order valence-electron chi connectivity index (χ4n) is 2.17. The maximum Gasteiger partial charge on any atom is 0.338 e. The number of hydrogen-bond acceptors (Lipinski definition) is 4. The number of benzene rings is 1. The summed E-state index contributed by atoms with van der Waals surface area (Å²) in [5.41, 5.74) is 4.99. The van der Waals surface area contributed by atoms with Crippen molar-refractivity contribution in [1.29, 1.82) is 0 Å². The molecule has 0 aromatic heterocycles. The Balaban J connectivity index is 2.97. The molecule has 1 aromatic carbocycles. The number of carbonyl (C=O) groups excluding carboxylic acids is 1. The first kappa shape index (κ1) is 21.2. The van der Waals surface area contributed by atoms with Gasteiger partial charge in [0.25, 0.3) is 6.02 Å². The van der Waals surface area contributed by atoms with Crippen molar-refractivity contribution >= 4 is 17.7 Å². The third-order valence-corrected chi connectivity index (χ3v) is 3.97. The second-order valence-electron chi connectivity index (χ2n) is 5.96. The standard InChI is InChI=1S/C21H28N2O3/c1-8-9-10-14(2)17(5)13-26-20(24)18-11-16(4)19(12-15(18)3)23-21(22-6)25-7/h8-12H,1,13H2,2-7H3,(H,22,23)/b10-9-,17-14+. The van der Waals surface area contributed by atoms with Crippen LogP contribution in [-0.2, 0) is 9.47 Å². The molecule has 0 spiro atoms. The van der Waals surface area contributed by atoms with Crippen LogP contribution in [-0.4, -0.2) is 32.8 Å². The molecule has 0 aliphatic heterocycles. The van der Waals surface area contributed by atoms with E-state index in [0.717, 1.165) is 28.0 Å². The Labute approximate surface area is 156 Å². The molecular weight excluding hydrogens is 328 g/mol. The van der Waals surface area contributed by atoms with Crippen LogP contribution in [0.4, 0.5) is 5.69 Å². The average Bonchev–Trinajstić information content (AvgIpc) is 2.63. The summed E-state index contributed by atoms with van der Waals surface area (Å²) in [6.45, 7) is 11.6. The van der Waals surface area contributed by atoms with Gasteiger partial charge in [0.05, 0.1) is 18.4 Å². The summed E-state index contributed by atoms with van der Waals surface area (Å²) in [5, 5.41) is 2.86. The average molecular weight is 356 g/mol. The molecule has 0 unspecified atom stereocenters. The molecule has 0 saturated carbocycles. The van der Waals surface area contributed by atoms with Crippen molar-refractivity contribution in [1.82, 2.24) is 5.32 Å². The second kappa shape index (κ2) is 10.2. The third-order valence-electron chi connectivity index (χ3n) is 3.97. The van der Waals surface area contributed by atoms with Gasteiger partial charge in [-0.2, -0.15) is 4.99 Å². The Hall–Kier alpha value is -2.82. The molecule has 5 heteroatoms. The molecule has 26 heavy (non-hydrogen) atoms. The maximum atomic E-state index is 12.5. The molecule has 5 nitrogen and oxygen atoms in total. The molecule has 1 rings (SSSR count). The molecule has 0 aliphatic carbocycles. The van der Waals surface area contributed by atoms with Crippen molar-refractivity contribution in [3.05, 3.63) is 64.8 Å². The number of rotatable bonds is 6. The number of ether oxygens (including phenoxy) is 2. The van der Waals surface area contributed by atoms with Crippen LogP contribution in [0.15, 0.2) is 53.1 Å². The highest BCUT2D eigenvalue weighted by molar-refractivity contribution is 5.92. The zero-order chi connectivity index (χ0) is 19.7. The predicted octanol–water partition coefficient (Wildman–Crippen LogP) is 4.39. The van der Waals surface area contributed by atoms with Crippen LogP contribution in [0.1, 0.15) is 35.3 Å². The van der Waals surface area contributed by atoms with Crippen molar-refractivity contribution in [3.8, 4) is 0 Å². The summed E-state index contributed by atoms with van der Waals surface area (Å²) in [4.78, 5) is 16.8. The lowest BCUT2D eigenvalue weighted by Crippen LogP contribution is -2.19. The van der Waals surface area contributed by atoms with Gasteiger partial charge in [0, 0.05) is 7.05 Å². The highest BCUT2D eigenvalue weighted by Crippen LogP contribution is 2.24. The normalized spacial score (nSPS) is 12.6. The quantitative estimate of drug-likeness (QED) is 0.355. The largest absolute Gasteiger partial charge is 0.468 e. The van der Waals surface area contributed by atoms with Crippen LogP contribution in [0.25, 0.3) is 0 Å². The number of methoxy groups -OCH3 is 1. The molecule has 1 N–H and O–H groups in total. The molecule has 0 atom stereocenters. The van der Waals surface area contributed by atoms with Crippen LogP contribution in [0.2, 0.25) is 0 Å². The van der Waals surface area contributed by atoms with Crippen molar-refractivity contribution < 1.29 is 14.3 Å². The smallest absolute Gasteiger partial charge is 0.338 e. The highest BCUT2D eigenvalue weighted by Gasteiger charge is 2.14. The van der Waals surface area contributed by atoms with E-state index in [-0.39, 0.29) is 12.6 Å². The first-order chi connectivity index (χ1) is 12.3. The number of hydrogen-bond donors (Lipinski definition) is 1. The van der Waals surface area contributed by atoms with E-state index in [0.29, 0.717) is 11.6 Å². The molecule has 0 fully saturated rings. The summed E-state index contributed by atoms with van der Waals surface area (Å²) in [6, 6.07) is 4.05. The molecule has 0 saturated heterocycles. The summed E-state index contributed by atoms with van der Waals surface area (Å²) in [6.07, 6.45) is 5.50. The summed E-state index contributed by atoms with van der Waals surface area (Å²) in [7, 11) is 3.28. The fourth-order valence-corrected chi connectivity index (χ4v) is 2.17. The van der Waals surface area contributed by atoms with E-state index < -0.39 is 0 Å². The molecular formula is C21H28N2O3. The van der Waals surface area contributed by atoms with Crippen LogP contribution < -0.4 is 5.32 Å². The Morgan fingerprint density at radius 1 is 1.27 bits per heavy atom. The lowest BCUT2D eigenvalue weighted by molar-refractivity contribution is 0.0538. The van der Waals surface area contributed by atoms with E-state index in [4.69, 9.17) is 9.47 Å². The van der Waals surface area contributed by atoms with Gasteiger partial charge >= 0.3 is 5.97 Å². The van der Waals surface area contributed by atoms with Gasteiger partial charge in [-0.1, -0.05) is 24.8 Å². The Bertz CT molecular complexity index is 753. The number of esters is 1. The molecule has 0 heterocycles. The molecule has 0 amide bonds. The first-order valence-electron chi connectivity index (χ1n) is 8.38. The van der Waals surface area contributed by atoms with Crippen molar-refractivity contribution in [3.63, 3.8) is 0 Å². The number of carbonyl (C=O) groups is 1. The van der Waals surface area contributed by atoms with Crippen LogP contribution in [0.3, 0.4) is 0 Å². The van der Waals surface area contributed by atoms with Gasteiger partial charge in [-0.05, 0) is 62.1 Å². The van der Waals surface area contributed by atoms with Crippen molar-refractivity contribution in [2.45, 2.75) is 27.7 Å². The minimum Gasteiger partial charge on any atom is -0.468 e. The number of nitrogens with one attached hydrogen (secondary N) is 1. The number of aryl methyl sites for hydroxylation is 2. The zero-order valence-electron chi connectivity index (χ0n) is 16.5. The van der Waals surface area contributed by atoms with E-state index in [1.807, 2.05) is 45.9 Å². The van der Waals surface area contributed by atoms with E-state index in [9.17, 15) is 4.79 Å². The maximum absolute atomic E-state index is 12.5. The van der Waals surface area contributed by atoms with Crippen LogP contribution in [0, 0.1) is 13.8 Å². The Morgan fingerprint density at radius 2 is 1.96 bits per heavy atom. The molecule has 1 aromatic rings. The van der Waals surface area contributed by atoms with Crippen LogP contribution >= 0.6 is 0 Å². The van der Waals surface area contributed by atoms with Gasteiger partial charge in [-0.15, -0.1) is 0 Å². The highest BCUT2D eigenvalue weighted by atomic mass is 16.5. The Kier molecular flexibility index (Phi) is 8.35. The molecule has 0 aliphatic rings. The molecule has 140 valence electrons. The van der Waals surface area contributed by atoms with Crippen molar-refractivity contribution in [2.75, 3.05) is 20.8 Å². The Morgan fingerprint density at radius 3 is 2.54 bits per heavy atom. The first-order valence-corrected chi connectivity index (χ1v) is 8.38. The topological polar surface area (TPSA) is 59.9 Å². The molecule has 0 bridgehead atoms. The lowest BCUT2D eigenvalue weighted by Gasteiger charge is -2.12. The summed E-state index contributed by atoms with van der Waals surface area (Å²) >= 11 is 0. The second-order valence-corrected chi connectivity index (χ2v) is 5.96. The lowest BCUT2D eigenvalue weighted by atomic mass is 10.0. The van der Waals surface area contributed by atoms with Gasteiger partial charge in [-0.3, -0.25) is 0 Å². The van der Waals surface area contributed by atoms with Gasteiger partial charge in [0.15, 0.2) is 0 Å². The SMILES string of the molecule is C=C/C=C\C(C)=C(/C)COC(=O)c1cc(C)c(/N=C(/NC)OC)cc1C.